The van der Waals surface area contributed by atoms with Gasteiger partial charge in [0.1, 0.15) is 11.6 Å². The maximum absolute atomic E-state index is 14.1. The minimum atomic E-state index is -0.640. The number of hydrogen-bond donors (Lipinski definition) is 2. The number of tetrazole rings is 1. The van der Waals surface area contributed by atoms with Crippen molar-refractivity contribution in [3.05, 3.63) is 113 Å². The van der Waals surface area contributed by atoms with Gasteiger partial charge >= 0.3 is 0 Å². The van der Waals surface area contributed by atoms with E-state index in [4.69, 9.17) is 4.74 Å². The van der Waals surface area contributed by atoms with Crippen molar-refractivity contribution in [2.24, 2.45) is 0 Å². The standard InChI is InChI=1S/C32H27F2N7O2/c1-2-43-32-36-28-9-5-8-26(31(42)35-17-16-22-14-15-23(33)18-27(22)34)29(28)41(32)19-20-10-12-21(13-11-20)24-6-3-4-7-25(24)30-37-39-40-38-30/h3-15,18H,2,16-17,19H2,1H3,(H,35,42)(H,37,38,39,40). The van der Waals surface area contributed by atoms with Crippen molar-refractivity contribution in [3.63, 3.8) is 0 Å². The Kier molecular flexibility index (Phi) is 7.86. The number of nitrogens with one attached hydrogen (secondary N) is 2. The SMILES string of the molecule is CCOc1nc2cccc(C(=O)NCCc3ccc(F)cc3F)c2n1Cc1ccc(-c2ccccc2-c2nnn[nH]2)cc1. The molecule has 0 aliphatic heterocycles. The Morgan fingerprint density at radius 1 is 0.977 bits per heavy atom. The molecule has 0 saturated carbocycles. The highest BCUT2D eigenvalue weighted by Crippen LogP contribution is 2.31. The average Bonchev–Trinajstić information content (AvgIpc) is 3.68. The zero-order valence-corrected chi connectivity index (χ0v) is 23.2. The van der Waals surface area contributed by atoms with Gasteiger partial charge in [-0.1, -0.05) is 60.7 Å². The Bertz CT molecular complexity index is 1890. The van der Waals surface area contributed by atoms with Crippen LogP contribution < -0.4 is 10.1 Å². The van der Waals surface area contributed by atoms with Crippen molar-refractivity contribution >= 4 is 16.9 Å². The van der Waals surface area contributed by atoms with Crippen LogP contribution in [-0.2, 0) is 13.0 Å². The predicted octanol–water partition coefficient (Wildman–Crippen LogP) is 5.58. The summed E-state index contributed by atoms with van der Waals surface area (Å²) < 4.78 is 35.1. The molecule has 0 radical (unpaired) electrons. The molecular formula is C32H27F2N7O2. The first-order chi connectivity index (χ1) is 21.0. The summed E-state index contributed by atoms with van der Waals surface area (Å²) in [6, 6.07) is 25.1. The first-order valence-electron chi connectivity index (χ1n) is 13.8. The number of para-hydroxylation sites is 1. The number of nitrogens with zero attached hydrogens (tertiary/aromatic N) is 5. The van der Waals surface area contributed by atoms with Crippen LogP contribution in [0.3, 0.4) is 0 Å². The summed E-state index contributed by atoms with van der Waals surface area (Å²) in [5, 5.41) is 17.1. The third-order valence-corrected chi connectivity index (χ3v) is 7.08. The van der Waals surface area contributed by atoms with E-state index < -0.39 is 11.6 Å². The zero-order valence-electron chi connectivity index (χ0n) is 23.2. The van der Waals surface area contributed by atoms with E-state index >= 15 is 0 Å². The lowest BCUT2D eigenvalue weighted by atomic mass is 9.98. The lowest BCUT2D eigenvalue weighted by Gasteiger charge is -2.13. The number of amides is 1. The molecule has 0 bridgehead atoms. The third-order valence-electron chi connectivity index (χ3n) is 7.08. The maximum Gasteiger partial charge on any atom is 0.297 e. The van der Waals surface area contributed by atoms with Crippen molar-refractivity contribution in [1.82, 2.24) is 35.5 Å². The number of ether oxygens (including phenoxy) is 1. The molecule has 43 heavy (non-hydrogen) atoms. The Labute approximate surface area is 245 Å². The number of imidazole rings is 1. The van der Waals surface area contributed by atoms with E-state index in [1.165, 1.54) is 12.1 Å². The summed E-state index contributed by atoms with van der Waals surface area (Å²) in [6.45, 7) is 2.87. The van der Waals surface area contributed by atoms with Gasteiger partial charge in [-0.05, 0) is 64.2 Å². The first kappa shape index (κ1) is 27.7. The molecular weight excluding hydrogens is 552 g/mol. The summed E-state index contributed by atoms with van der Waals surface area (Å²) in [6.07, 6.45) is 0.222. The summed E-state index contributed by atoms with van der Waals surface area (Å²) in [4.78, 5) is 18.0. The molecule has 6 aromatic rings. The van der Waals surface area contributed by atoms with Gasteiger partial charge in [0.15, 0.2) is 5.82 Å². The van der Waals surface area contributed by atoms with Crippen LogP contribution in [-0.4, -0.2) is 49.2 Å². The lowest BCUT2D eigenvalue weighted by molar-refractivity contribution is 0.0955. The van der Waals surface area contributed by atoms with Gasteiger partial charge in [-0.25, -0.2) is 13.9 Å². The topological polar surface area (TPSA) is 111 Å². The number of hydrogen-bond acceptors (Lipinski definition) is 6. The summed E-state index contributed by atoms with van der Waals surface area (Å²) >= 11 is 0. The molecule has 2 heterocycles. The molecule has 2 aromatic heterocycles. The largest absolute Gasteiger partial charge is 0.465 e. The van der Waals surface area contributed by atoms with Gasteiger partial charge in [-0.2, -0.15) is 4.98 Å². The van der Waals surface area contributed by atoms with Crippen LogP contribution >= 0.6 is 0 Å². The monoisotopic (exact) mass is 579 g/mol. The maximum atomic E-state index is 14.1. The third kappa shape index (κ3) is 5.82. The number of fused-ring (bicyclic) bond motifs is 1. The lowest BCUT2D eigenvalue weighted by Crippen LogP contribution is -2.26. The highest BCUT2D eigenvalue weighted by atomic mass is 19.1. The molecule has 1 amide bonds. The van der Waals surface area contributed by atoms with Crippen LogP contribution in [0.1, 0.15) is 28.4 Å². The van der Waals surface area contributed by atoms with Crippen LogP contribution in [0.4, 0.5) is 8.78 Å². The van der Waals surface area contributed by atoms with E-state index in [2.05, 4.69) is 30.9 Å². The van der Waals surface area contributed by atoms with Gasteiger partial charge in [0, 0.05) is 18.2 Å². The number of carbonyl (C=O) groups is 1. The fourth-order valence-electron chi connectivity index (χ4n) is 5.05. The molecule has 0 aliphatic rings. The van der Waals surface area contributed by atoms with Crippen LogP contribution in [0.2, 0.25) is 0 Å². The van der Waals surface area contributed by atoms with Gasteiger partial charge in [0.2, 0.25) is 0 Å². The second kappa shape index (κ2) is 12.2. The number of benzene rings is 4. The van der Waals surface area contributed by atoms with Gasteiger partial charge in [0.05, 0.1) is 29.7 Å². The van der Waals surface area contributed by atoms with Crippen molar-refractivity contribution in [1.29, 1.82) is 0 Å². The van der Waals surface area contributed by atoms with Gasteiger partial charge < -0.3 is 10.1 Å². The minimum absolute atomic E-state index is 0.178. The normalized spacial score (nSPS) is 11.1. The summed E-state index contributed by atoms with van der Waals surface area (Å²) in [5.74, 6) is -1.02. The molecule has 11 heteroatoms. The molecule has 0 spiro atoms. The number of aromatic nitrogens is 6. The molecule has 6 rings (SSSR count). The molecule has 0 saturated heterocycles. The van der Waals surface area contributed by atoms with Crippen molar-refractivity contribution < 1.29 is 18.3 Å². The fraction of sp³-hybridized carbons (Fsp3) is 0.156. The minimum Gasteiger partial charge on any atom is -0.465 e. The highest BCUT2D eigenvalue weighted by molar-refractivity contribution is 6.05. The second-order valence-corrected chi connectivity index (χ2v) is 9.82. The van der Waals surface area contributed by atoms with Crippen molar-refractivity contribution in [3.8, 4) is 28.5 Å². The van der Waals surface area contributed by atoms with Crippen LogP contribution in [0.25, 0.3) is 33.5 Å². The van der Waals surface area contributed by atoms with Crippen LogP contribution in [0, 0.1) is 11.6 Å². The van der Waals surface area contributed by atoms with Crippen molar-refractivity contribution in [2.75, 3.05) is 13.2 Å². The fourth-order valence-corrected chi connectivity index (χ4v) is 5.05. The van der Waals surface area contributed by atoms with E-state index in [-0.39, 0.29) is 18.9 Å². The second-order valence-electron chi connectivity index (χ2n) is 9.82. The van der Waals surface area contributed by atoms with Crippen LogP contribution in [0.15, 0.2) is 84.9 Å². The number of rotatable bonds is 10. The van der Waals surface area contributed by atoms with Gasteiger partial charge in [0.25, 0.3) is 11.9 Å². The highest BCUT2D eigenvalue weighted by Gasteiger charge is 2.20. The van der Waals surface area contributed by atoms with Gasteiger partial charge in [-0.15, -0.1) is 5.10 Å². The number of aromatic amines is 1. The molecule has 0 aliphatic carbocycles. The number of halogens is 2. The smallest absolute Gasteiger partial charge is 0.297 e. The molecule has 0 fully saturated rings. The Balaban J connectivity index is 1.27. The molecule has 9 nitrogen and oxygen atoms in total. The molecule has 0 atom stereocenters. The van der Waals surface area contributed by atoms with E-state index in [9.17, 15) is 13.6 Å². The number of H-pyrrole nitrogens is 1. The van der Waals surface area contributed by atoms with Crippen molar-refractivity contribution in [2.45, 2.75) is 19.9 Å². The van der Waals surface area contributed by atoms with E-state index in [0.29, 0.717) is 47.1 Å². The summed E-state index contributed by atoms with van der Waals surface area (Å²) in [7, 11) is 0. The average molecular weight is 580 g/mol. The van der Waals surface area contributed by atoms with E-state index in [1.807, 2.05) is 66.1 Å². The predicted molar refractivity (Wildman–Crippen MR) is 157 cm³/mol. The van der Waals surface area contributed by atoms with Gasteiger partial charge in [-0.3, -0.25) is 9.36 Å². The Hall–Kier alpha value is -5.45. The molecule has 0 unspecified atom stereocenters. The number of carbonyl (C=O) groups excluding carboxylic acids is 1. The zero-order chi connectivity index (χ0) is 29.8. The van der Waals surface area contributed by atoms with E-state index in [0.717, 1.165) is 28.3 Å². The quantitative estimate of drug-likeness (QED) is 0.219. The van der Waals surface area contributed by atoms with E-state index in [1.54, 1.807) is 12.1 Å². The molecule has 4 aromatic carbocycles. The van der Waals surface area contributed by atoms with Crippen LogP contribution in [0.5, 0.6) is 6.01 Å². The first-order valence-corrected chi connectivity index (χ1v) is 13.8. The summed E-state index contributed by atoms with van der Waals surface area (Å²) in [5.41, 5.74) is 5.83. The molecule has 2 N–H and O–H groups in total. The molecule has 216 valence electrons. The Morgan fingerprint density at radius 3 is 2.53 bits per heavy atom. The Morgan fingerprint density at radius 2 is 1.79 bits per heavy atom.